The van der Waals surface area contributed by atoms with Crippen LogP contribution in [-0.4, -0.2) is 72.7 Å². The quantitative estimate of drug-likeness (QED) is 0.714. The smallest absolute Gasteiger partial charge is 0.259 e. The molecule has 4 rings (SSSR count). The minimum absolute atomic E-state index is 0.0648. The average Bonchev–Trinajstić information content (AvgIpc) is 3.13. The molecule has 146 valence electrons. The Balaban J connectivity index is 1.50. The molecule has 1 amide bonds. The van der Waals surface area contributed by atoms with Crippen molar-refractivity contribution in [2.75, 3.05) is 26.2 Å². The Kier molecular flexibility index (Phi) is 5.31. The number of carbonyl (C=O) groups excluding carboxylic acids is 1. The van der Waals surface area contributed by atoms with Gasteiger partial charge >= 0.3 is 0 Å². The highest BCUT2D eigenvalue weighted by Gasteiger charge is 2.31. The molecule has 0 radical (unpaired) electrons. The maximum absolute atomic E-state index is 13.1. The number of aryl methyl sites for hydroxylation is 1. The number of aromatic nitrogens is 4. The summed E-state index contributed by atoms with van der Waals surface area (Å²) in [4.78, 5) is 26.1. The van der Waals surface area contributed by atoms with Crippen LogP contribution in [0.5, 0.6) is 0 Å². The molecule has 1 atom stereocenters. The number of rotatable bonds is 5. The van der Waals surface area contributed by atoms with Gasteiger partial charge in [-0.05, 0) is 31.5 Å². The molecule has 28 heavy (non-hydrogen) atoms. The maximum atomic E-state index is 13.1. The van der Waals surface area contributed by atoms with Crippen LogP contribution < -0.4 is 0 Å². The first-order valence-corrected chi connectivity index (χ1v) is 9.51. The van der Waals surface area contributed by atoms with Gasteiger partial charge in [0.25, 0.3) is 5.91 Å². The van der Waals surface area contributed by atoms with Gasteiger partial charge in [0.15, 0.2) is 5.65 Å². The van der Waals surface area contributed by atoms with Crippen molar-refractivity contribution < 1.29 is 9.90 Å². The maximum Gasteiger partial charge on any atom is 0.259 e. The van der Waals surface area contributed by atoms with Crippen LogP contribution in [0.1, 0.15) is 28.2 Å². The first-order valence-electron chi connectivity index (χ1n) is 9.51. The van der Waals surface area contributed by atoms with Crippen molar-refractivity contribution >= 4 is 11.6 Å². The zero-order valence-electron chi connectivity index (χ0n) is 15.9. The minimum Gasteiger partial charge on any atom is -0.396 e. The number of aliphatic hydroxyl groups is 1. The number of hydrogen-bond acceptors (Lipinski definition) is 6. The summed E-state index contributed by atoms with van der Waals surface area (Å²) in [6.45, 7) is 4.70. The van der Waals surface area contributed by atoms with Crippen LogP contribution in [0.2, 0.25) is 0 Å². The van der Waals surface area contributed by atoms with Gasteiger partial charge in [0.05, 0.1) is 11.9 Å². The summed E-state index contributed by atoms with van der Waals surface area (Å²) in [6.07, 6.45) is 5.63. The number of pyridine rings is 1. The number of piperazine rings is 1. The summed E-state index contributed by atoms with van der Waals surface area (Å²) < 4.78 is 1.61. The van der Waals surface area contributed by atoms with Crippen LogP contribution in [-0.2, 0) is 6.54 Å². The Morgan fingerprint density at radius 1 is 1.29 bits per heavy atom. The van der Waals surface area contributed by atoms with Gasteiger partial charge in [-0.15, -0.1) is 0 Å². The Morgan fingerprint density at radius 2 is 2.18 bits per heavy atom. The van der Waals surface area contributed by atoms with Crippen molar-refractivity contribution in [1.29, 1.82) is 0 Å². The fourth-order valence-corrected chi connectivity index (χ4v) is 3.75. The van der Waals surface area contributed by atoms with E-state index in [9.17, 15) is 9.90 Å². The molecule has 0 bridgehead atoms. The number of nitrogens with zero attached hydrogens (tertiary/aromatic N) is 6. The Hall–Kier alpha value is -2.84. The molecule has 0 spiro atoms. The molecule has 1 fully saturated rings. The molecule has 3 aromatic heterocycles. The molecular weight excluding hydrogens is 356 g/mol. The van der Waals surface area contributed by atoms with E-state index in [-0.39, 0.29) is 18.6 Å². The van der Waals surface area contributed by atoms with Crippen molar-refractivity contribution in [3.8, 4) is 0 Å². The van der Waals surface area contributed by atoms with E-state index >= 15 is 0 Å². The van der Waals surface area contributed by atoms with E-state index in [1.54, 1.807) is 29.2 Å². The predicted molar refractivity (Wildman–Crippen MR) is 104 cm³/mol. The second-order valence-electron chi connectivity index (χ2n) is 7.10. The fourth-order valence-electron chi connectivity index (χ4n) is 3.75. The molecule has 3 aromatic rings. The molecule has 1 N–H and O–H groups in total. The zero-order chi connectivity index (χ0) is 19.5. The van der Waals surface area contributed by atoms with Crippen molar-refractivity contribution in [2.45, 2.75) is 25.9 Å². The van der Waals surface area contributed by atoms with Gasteiger partial charge in [0.1, 0.15) is 5.56 Å². The number of amides is 1. The minimum atomic E-state index is -0.0648. The van der Waals surface area contributed by atoms with Gasteiger partial charge in [-0.3, -0.25) is 14.7 Å². The third-order valence-electron chi connectivity index (χ3n) is 5.17. The fraction of sp³-hybridized carbons (Fsp3) is 0.400. The average molecular weight is 380 g/mol. The van der Waals surface area contributed by atoms with Gasteiger partial charge in [0, 0.05) is 56.9 Å². The summed E-state index contributed by atoms with van der Waals surface area (Å²) in [7, 11) is 0. The third kappa shape index (κ3) is 3.74. The van der Waals surface area contributed by atoms with E-state index in [0.29, 0.717) is 37.3 Å². The highest BCUT2D eigenvalue weighted by Crippen LogP contribution is 2.19. The first kappa shape index (κ1) is 18.5. The van der Waals surface area contributed by atoms with Gasteiger partial charge in [-0.25, -0.2) is 9.50 Å². The van der Waals surface area contributed by atoms with Gasteiger partial charge < -0.3 is 10.0 Å². The molecule has 8 nitrogen and oxygen atoms in total. The lowest BCUT2D eigenvalue weighted by molar-refractivity contribution is 0.0392. The predicted octanol–water partition coefficient (Wildman–Crippen LogP) is 1.14. The molecule has 0 saturated carbocycles. The largest absolute Gasteiger partial charge is 0.396 e. The molecular formula is C20H24N6O2. The van der Waals surface area contributed by atoms with Crippen LogP contribution in [0.25, 0.3) is 5.65 Å². The Bertz CT molecular complexity index is 972. The molecule has 8 heteroatoms. The Morgan fingerprint density at radius 3 is 3.00 bits per heavy atom. The molecule has 0 aliphatic carbocycles. The van der Waals surface area contributed by atoms with Gasteiger partial charge in [0.2, 0.25) is 0 Å². The Labute approximate surface area is 163 Å². The molecule has 1 aliphatic rings. The van der Waals surface area contributed by atoms with Crippen LogP contribution >= 0.6 is 0 Å². The number of carbonyl (C=O) groups is 1. The molecule has 1 unspecified atom stereocenters. The SMILES string of the molecule is Cc1cccc(CN2CCN(C(=O)c3cnn4cccnc34)CC2CCO)n1. The van der Waals surface area contributed by atoms with E-state index in [4.69, 9.17) is 0 Å². The first-order chi connectivity index (χ1) is 13.7. The molecule has 1 saturated heterocycles. The lowest BCUT2D eigenvalue weighted by Crippen LogP contribution is -2.54. The highest BCUT2D eigenvalue weighted by molar-refractivity contribution is 5.99. The standard InChI is InChI=1S/C20H24N6O2/c1-15-4-2-5-16(23-15)13-24-9-10-25(14-17(24)6-11-27)20(28)18-12-22-26-8-3-7-21-19(18)26/h2-5,7-8,12,17,27H,6,9-11,13-14H2,1H3. The molecule has 1 aliphatic heterocycles. The van der Waals surface area contributed by atoms with E-state index in [0.717, 1.165) is 17.9 Å². The number of hydrogen-bond donors (Lipinski definition) is 1. The van der Waals surface area contributed by atoms with Crippen LogP contribution in [0.4, 0.5) is 0 Å². The van der Waals surface area contributed by atoms with Crippen LogP contribution in [0, 0.1) is 6.92 Å². The summed E-state index contributed by atoms with van der Waals surface area (Å²) in [5.74, 6) is -0.0648. The van der Waals surface area contributed by atoms with Crippen molar-refractivity contribution in [1.82, 2.24) is 29.4 Å². The van der Waals surface area contributed by atoms with E-state index in [1.165, 1.54) is 0 Å². The topological polar surface area (TPSA) is 86.9 Å². The van der Waals surface area contributed by atoms with Crippen LogP contribution in [0.15, 0.2) is 42.9 Å². The third-order valence-corrected chi connectivity index (χ3v) is 5.17. The van der Waals surface area contributed by atoms with Crippen molar-refractivity contribution in [2.24, 2.45) is 0 Å². The summed E-state index contributed by atoms with van der Waals surface area (Å²) in [5, 5.41) is 13.7. The molecule has 4 heterocycles. The molecule has 0 aromatic carbocycles. The second-order valence-corrected chi connectivity index (χ2v) is 7.10. The van der Waals surface area contributed by atoms with E-state index in [2.05, 4.69) is 20.0 Å². The van der Waals surface area contributed by atoms with Crippen LogP contribution in [0.3, 0.4) is 0 Å². The van der Waals surface area contributed by atoms with Crippen molar-refractivity contribution in [3.05, 3.63) is 59.8 Å². The van der Waals surface area contributed by atoms with Crippen molar-refractivity contribution in [3.63, 3.8) is 0 Å². The normalized spacial score (nSPS) is 17.9. The lowest BCUT2D eigenvalue weighted by Gasteiger charge is -2.41. The monoisotopic (exact) mass is 380 g/mol. The summed E-state index contributed by atoms with van der Waals surface area (Å²) in [6, 6.07) is 7.88. The summed E-state index contributed by atoms with van der Waals surface area (Å²) >= 11 is 0. The van der Waals surface area contributed by atoms with Gasteiger partial charge in [-0.1, -0.05) is 6.07 Å². The lowest BCUT2D eigenvalue weighted by atomic mass is 10.1. The highest BCUT2D eigenvalue weighted by atomic mass is 16.3. The van der Waals surface area contributed by atoms with E-state index < -0.39 is 0 Å². The zero-order valence-corrected chi connectivity index (χ0v) is 15.9. The van der Waals surface area contributed by atoms with Gasteiger partial charge in [-0.2, -0.15) is 5.10 Å². The summed E-state index contributed by atoms with van der Waals surface area (Å²) in [5.41, 5.74) is 3.08. The number of aliphatic hydroxyl groups excluding tert-OH is 1. The van der Waals surface area contributed by atoms with E-state index in [1.807, 2.05) is 30.0 Å². The number of fused-ring (bicyclic) bond motifs is 1. The second kappa shape index (κ2) is 8.04.